The van der Waals surface area contributed by atoms with Crippen LogP contribution in [-0.2, 0) is 17.6 Å². The van der Waals surface area contributed by atoms with Crippen LogP contribution in [0.15, 0.2) is 60.9 Å². The molecular weight excluding hydrogens is 672 g/mol. The first-order chi connectivity index (χ1) is 21.6. The summed E-state index contributed by atoms with van der Waals surface area (Å²) in [5.74, 6) is -1.81. The van der Waals surface area contributed by atoms with Gasteiger partial charge in [0.1, 0.15) is 34.4 Å². The molecule has 248 valence electrons. The van der Waals surface area contributed by atoms with E-state index in [9.17, 15) is 18.4 Å². The molecule has 4 rings (SSSR count). The van der Waals surface area contributed by atoms with E-state index >= 15 is 0 Å². The van der Waals surface area contributed by atoms with Crippen molar-refractivity contribution in [2.24, 2.45) is 0 Å². The van der Waals surface area contributed by atoms with Gasteiger partial charge in [-0.05, 0) is 85.3 Å². The summed E-state index contributed by atoms with van der Waals surface area (Å²) in [5.41, 5.74) is 1.79. The smallest absolute Gasteiger partial charge is 0.870 e. The van der Waals surface area contributed by atoms with Crippen molar-refractivity contribution in [1.29, 1.82) is 0 Å². The van der Waals surface area contributed by atoms with Crippen LogP contribution in [0.1, 0.15) is 45.7 Å². The van der Waals surface area contributed by atoms with Gasteiger partial charge in [0.15, 0.2) is 0 Å². The number of hydrogen-bond donors (Lipinski definition) is 4. The van der Waals surface area contributed by atoms with Gasteiger partial charge in [0.05, 0.1) is 6.61 Å². The summed E-state index contributed by atoms with van der Waals surface area (Å²) in [6, 6.07) is 12.5. The van der Waals surface area contributed by atoms with Gasteiger partial charge in [0.25, 0.3) is 0 Å². The van der Waals surface area contributed by atoms with Gasteiger partial charge < -0.3 is 31.1 Å². The Hall–Kier alpha value is -3.50. The Morgan fingerprint density at radius 1 is 0.830 bits per heavy atom. The summed E-state index contributed by atoms with van der Waals surface area (Å²) < 4.78 is 31.0. The van der Waals surface area contributed by atoms with Gasteiger partial charge in [-0.25, -0.2) is 28.3 Å². The molecule has 2 aromatic heterocycles. The second-order valence-corrected chi connectivity index (χ2v) is 9.43. The number of carbonyl (C=O) groups is 2. The average molecular weight is 706 g/mol. The number of aliphatic hydroxyl groups is 1. The molecule has 2 aromatic carbocycles. The molecule has 0 fully saturated rings. The van der Waals surface area contributed by atoms with E-state index < -0.39 is 11.9 Å². The number of nitrogens with zero attached hydrogens (tertiary/aromatic N) is 4. The molecule has 47 heavy (non-hydrogen) atoms. The molecule has 0 saturated carbocycles. The zero-order valence-electron chi connectivity index (χ0n) is 25.9. The molecule has 0 bridgehead atoms. The molecule has 5 N–H and O–H groups in total. The van der Waals surface area contributed by atoms with Gasteiger partial charge in [-0.3, -0.25) is 0 Å². The number of aromatic carboxylic acids is 1. The Labute approximate surface area is 302 Å². The number of esters is 1. The maximum absolute atomic E-state index is 13.1. The zero-order chi connectivity index (χ0) is 33.2. The topological polar surface area (TPSA) is 189 Å². The van der Waals surface area contributed by atoms with Crippen LogP contribution >= 0.6 is 23.2 Å². The molecule has 0 unspecified atom stereocenters. The number of rotatable bonds is 11. The van der Waals surface area contributed by atoms with Crippen LogP contribution < -0.4 is 40.2 Å². The van der Waals surface area contributed by atoms with E-state index in [0.717, 1.165) is 17.3 Å². The molecule has 17 heteroatoms. The van der Waals surface area contributed by atoms with Crippen molar-refractivity contribution in [3.05, 3.63) is 105 Å². The average Bonchev–Trinajstić information content (AvgIpc) is 2.98. The molecule has 0 amide bonds. The third-order valence-electron chi connectivity index (χ3n) is 5.43. The van der Waals surface area contributed by atoms with Crippen LogP contribution in [0.5, 0.6) is 0 Å². The second kappa shape index (κ2) is 23.8. The molecule has 0 spiro atoms. The number of hydrogen-bond acceptors (Lipinski definition) is 11. The number of aromatic nitrogens is 4. The summed E-state index contributed by atoms with van der Waals surface area (Å²) in [5, 5.41) is 22.4. The van der Waals surface area contributed by atoms with E-state index in [1.165, 1.54) is 30.5 Å². The monoisotopic (exact) mass is 704 g/mol. The molecule has 0 aliphatic rings. The first-order valence-electron chi connectivity index (χ1n) is 13.6. The van der Waals surface area contributed by atoms with Crippen LogP contribution in [-0.4, -0.2) is 73.9 Å². The maximum atomic E-state index is 13.1. The minimum atomic E-state index is -1.14. The fourth-order valence-electron chi connectivity index (χ4n) is 3.54. The minimum absolute atomic E-state index is 0. The molecule has 0 aliphatic heterocycles. The number of benzene rings is 2. The number of nitrogens with one attached hydrogen (secondary N) is 2. The van der Waals surface area contributed by atoms with E-state index in [0.29, 0.717) is 31.7 Å². The summed E-state index contributed by atoms with van der Waals surface area (Å²) in [6.07, 6.45) is 3.56. The summed E-state index contributed by atoms with van der Waals surface area (Å²) >= 11 is 11.4. The first-order valence-corrected chi connectivity index (χ1v) is 14.4. The molecule has 0 saturated heterocycles. The van der Waals surface area contributed by atoms with Crippen molar-refractivity contribution >= 4 is 46.8 Å². The van der Waals surface area contributed by atoms with E-state index in [4.69, 9.17) is 38.2 Å². The van der Waals surface area contributed by atoms with Crippen LogP contribution in [0.4, 0.5) is 20.4 Å². The number of carbonyl (C=O) groups excluding carboxylic acids is 1. The molecule has 0 aliphatic carbocycles. The predicted molar refractivity (Wildman–Crippen MR) is 169 cm³/mol. The summed E-state index contributed by atoms with van der Waals surface area (Å²) in [7, 11) is 0. The van der Waals surface area contributed by atoms with Crippen LogP contribution in [0.25, 0.3) is 0 Å². The third kappa shape index (κ3) is 16.2. The molecule has 12 nitrogen and oxygen atoms in total. The number of aliphatic hydroxyl groups excluding tert-OH is 1. The number of halogens is 4. The van der Waals surface area contributed by atoms with Crippen molar-refractivity contribution in [3.8, 4) is 0 Å². The molecular formula is C30H33Cl2F2N6NaO6. The van der Waals surface area contributed by atoms with Gasteiger partial charge >= 0.3 is 41.5 Å². The number of carboxylic acids is 1. The third-order valence-corrected chi connectivity index (χ3v) is 5.80. The van der Waals surface area contributed by atoms with Gasteiger partial charge in [0, 0.05) is 32.1 Å². The predicted octanol–water partition coefficient (Wildman–Crippen LogP) is 2.55. The normalized spacial score (nSPS) is 9.60. The summed E-state index contributed by atoms with van der Waals surface area (Å²) in [4.78, 5) is 38.1. The Morgan fingerprint density at radius 3 is 1.66 bits per heavy atom. The Morgan fingerprint density at radius 2 is 1.26 bits per heavy atom. The maximum Gasteiger partial charge on any atom is 1.00 e. The van der Waals surface area contributed by atoms with Crippen LogP contribution in [0.2, 0.25) is 10.6 Å². The standard InChI is InChI=1S/C15H15ClFN3O2.C13H11ClFN3O2.C2H6O.Na.H2O/c1-2-22-14(21)12-9-19-15(16)20-13(12)18-7-6-10-4-3-5-11(17)8-10;14-13-17-7-10(12(19)20)11(18-13)16-5-4-8-2-1-3-9(15)6-8;1-2-3;;/h3-5,8-9H,2,6-7H2,1H3,(H,18,19,20);1-3,6-7H,4-5H2,(H,19,20)(H,16,17,18);3H,2H2,1H3;;1H2/q;;;+1;/p-1. The number of anilines is 2. The van der Waals surface area contributed by atoms with Crippen LogP contribution in [0, 0.1) is 11.6 Å². The van der Waals surface area contributed by atoms with Crippen molar-refractivity contribution in [3.63, 3.8) is 0 Å². The Kier molecular flexibility index (Phi) is 22.0. The van der Waals surface area contributed by atoms with Gasteiger partial charge in [0.2, 0.25) is 10.6 Å². The first kappa shape index (κ1) is 43.5. The van der Waals surface area contributed by atoms with Crippen LogP contribution in [0.3, 0.4) is 0 Å². The second-order valence-electron chi connectivity index (χ2n) is 8.76. The minimum Gasteiger partial charge on any atom is -0.870 e. The molecule has 2 heterocycles. The quantitative estimate of drug-likeness (QED) is 0.102. The fraction of sp³-hybridized carbons (Fsp3) is 0.267. The van der Waals surface area contributed by atoms with E-state index in [1.807, 2.05) is 6.07 Å². The number of ether oxygens (including phenoxy) is 1. The number of carboxylic acid groups (broad SMARTS) is 1. The molecule has 0 radical (unpaired) electrons. The molecule has 4 aromatic rings. The van der Waals surface area contributed by atoms with E-state index in [2.05, 4.69) is 30.6 Å². The van der Waals surface area contributed by atoms with Crippen molar-refractivity contribution in [1.82, 2.24) is 19.9 Å². The fourth-order valence-corrected chi connectivity index (χ4v) is 3.81. The zero-order valence-corrected chi connectivity index (χ0v) is 29.4. The van der Waals surface area contributed by atoms with Gasteiger partial charge in [-0.1, -0.05) is 24.3 Å². The van der Waals surface area contributed by atoms with E-state index in [1.54, 1.807) is 32.0 Å². The Balaban J connectivity index is 0.000000802. The largest absolute Gasteiger partial charge is 1.00 e. The van der Waals surface area contributed by atoms with Crippen molar-refractivity contribution < 1.29 is 68.4 Å². The molecule has 0 atom stereocenters. The Bertz CT molecular complexity index is 1560. The van der Waals surface area contributed by atoms with Crippen molar-refractivity contribution in [2.45, 2.75) is 26.7 Å². The SMILES string of the molecule is CCO.CCOC(=O)c1cnc(Cl)nc1NCCc1cccc(F)c1.O=C(O)c1cnc(Cl)nc1NCCc1cccc(F)c1.[Na+].[OH-]. The van der Waals surface area contributed by atoms with Gasteiger partial charge in [-0.15, -0.1) is 0 Å². The van der Waals surface area contributed by atoms with E-state index in [-0.39, 0.29) is 87.4 Å². The van der Waals surface area contributed by atoms with Gasteiger partial charge in [-0.2, -0.15) is 9.97 Å². The summed E-state index contributed by atoms with van der Waals surface area (Å²) in [6.45, 7) is 4.76. The van der Waals surface area contributed by atoms with Crippen molar-refractivity contribution in [2.75, 3.05) is 36.9 Å².